The minimum atomic E-state index is 0.571. The summed E-state index contributed by atoms with van der Waals surface area (Å²) in [5, 5.41) is 0. The zero-order valence-electron chi connectivity index (χ0n) is 11.9. The minimum Gasteiger partial charge on any atom is -0.497 e. The average molecular weight is 301 g/mol. The zero-order chi connectivity index (χ0) is 14.7. The van der Waals surface area contributed by atoms with Crippen molar-refractivity contribution in [3.05, 3.63) is 59.9 Å². The Bertz CT molecular complexity index is 751. The Morgan fingerprint density at radius 3 is 2.81 bits per heavy atom. The van der Waals surface area contributed by atoms with Gasteiger partial charge in [0.1, 0.15) is 11.6 Å². The first-order valence-electron chi connectivity index (χ1n) is 6.95. The molecule has 2 aromatic carbocycles. The van der Waals surface area contributed by atoms with E-state index in [0.29, 0.717) is 5.88 Å². The van der Waals surface area contributed by atoms with Crippen molar-refractivity contribution >= 4 is 22.6 Å². The Hall–Kier alpha value is -2.00. The number of aryl methyl sites for hydroxylation is 1. The quantitative estimate of drug-likeness (QED) is 0.669. The van der Waals surface area contributed by atoms with Crippen LogP contribution in [0.5, 0.6) is 5.75 Å². The van der Waals surface area contributed by atoms with Crippen molar-refractivity contribution in [2.24, 2.45) is 0 Å². The summed E-state index contributed by atoms with van der Waals surface area (Å²) in [5.74, 6) is 2.46. The van der Waals surface area contributed by atoms with Gasteiger partial charge < -0.3 is 9.30 Å². The van der Waals surface area contributed by atoms with Crippen molar-refractivity contribution in [1.29, 1.82) is 0 Å². The zero-order valence-corrected chi connectivity index (χ0v) is 12.7. The molecule has 0 saturated heterocycles. The Morgan fingerprint density at radius 1 is 1.14 bits per heavy atom. The smallest absolute Gasteiger partial charge is 0.119 e. The fraction of sp³-hybridized carbons (Fsp3) is 0.235. The number of methoxy groups -OCH3 is 1. The summed E-state index contributed by atoms with van der Waals surface area (Å²) >= 11 is 5.91. The number of para-hydroxylation sites is 2. The highest BCUT2D eigenvalue weighted by Crippen LogP contribution is 2.20. The number of imidazole rings is 1. The molecule has 0 radical (unpaired) electrons. The van der Waals surface area contributed by atoms with Gasteiger partial charge in [0, 0.05) is 18.8 Å². The predicted molar refractivity (Wildman–Crippen MR) is 86.3 cm³/mol. The Kier molecular flexibility index (Phi) is 4.11. The van der Waals surface area contributed by atoms with Crippen LogP contribution in [-0.4, -0.2) is 22.5 Å². The van der Waals surface area contributed by atoms with Crippen molar-refractivity contribution in [3.63, 3.8) is 0 Å². The Balaban J connectivity index is 2.03. The minimum absolute atomic E-state index is 0.571. The highest BCUT2D eigenvalue weighted by molar-refractivity contribution is 6.17. The molecule has 0 spiro atoms. The van der Waals surface area contributed by atoms with E-state index in [0.717, 1.165) is 35.6 Å². The predicted octanol–water partition coefficient (Wildman–Crippen LogP) is 3.87. The van der Waals surface area contributed by atoms with Gasteiger partial charge in [-0.15, -0.1) is 11.6 Å². The third-order valence-corrected chi connectivity index (χ3v) is 3.72. The molecule has 0 atom stereocenters. The van der Waals surface area contributed by atoms with Gasteiger partial charge in [0.05, 0.1) is 18.1 Å². The summed E-state index contributed by atoms with van der Waals surface area (Å²) in [6.45, 7) is 0.768. The standard InChI is InChI=1S/C17H17ClN2O/c1-21-14-6-4-5-13(11-14)12-20-16-8-3-2-7-15(16)19-17(20)9-10-18/h2-8,11H,9-10,12H2,1H3. The van der Waals surface area contributed by atoms with Gasteiger partial charge in [0.15, 0.2) is 0 Å². The highest BCUT2D eigenvalue weighted by Gasteiger charge is 2.10. The van der Waals surface area contributed by atoms with E-state index < -0.39 is 0 Å². The molecule has 4 heteroatoms. The molecule has 0 N–H and O–H groups in total. The molecule has 0 bridgehead atoms. The second-order valence-electron chi connectivity index (χ2n) is 4.89. The molecule has 1 heterocycles. The van der Waals surface area contributed by atoms with Crippen LogP contribution in [0.3, 0.4) is 0 Å². The summed E-state index contributed by atoms with van der Waals surface area (Å²) in [6, 6.07) is 16.3. The van der Waals surface area contributed by atoms with Gasteiger partial charge in [-0.05, 0) is 29.8 Å². The normalized spacial score (nSPS) is 11.0. The molecule has 108 valence electrons. The highest BCUT2D eigenvalue weighted by atomic mass is 35.5. The summed E-state index contributed by atoms with van der Waals surface area (Å²) in [7, 11) is 1.69. The Labute approximate surface area is 129 Å². The van der Waals surface area contributed by atoms with Crippen molar-refractivity contribution < 1.29 is 4.74 Å². The fourth-order valence-corrected chi connectivity index (χ4v) is 2.70. The first kappa shape index (κ1) is 14.0. The summed E-state index contributed by atoms with van der Waals surface area (Å²) < 4.78 is 7.52. The molecule has 3 rings (SSSR count). The first-order chi connectivity index (χ1) is 10.3. The fourth-order valence-electron chi connectivity index (χ4n) is 2.53. The van der Waals surface area contributed by atoms with Crippen LogP contribution in [0.15, 0.2) is 48.5 Å². The van der Waals surface area contributed by atoms with Crippen LogP contribution in [0.2, 0.25) is 0 Å². The molecule has 3 aromatic rings. The number of hydrogen-bond acceptors (Lipinski definition) is 2. The van der Waals surface area contributed by atoms with E-state index in [2.05, 4.69) is 27.8 Å². The molecular formula is C17H17ClN2O. The van der Waals surface area contributed by atoms with Crippen LogP contribution in [0.4, 0.5) is 0 Å². The molecule has 21 heavy (non-hydrogen) atoms. The number of rotatable bonds is 5. The van der Waals surface area contributed by atoms with Crippen LogP contribution in [0.1, 0.15) is 11.4 Å². The molecule has 3 nitrogen and oxygen atoms in total. The van der Waals surface area contributed by atoms with E-state index in [-0.39, 0.29) is 0 Å². The number of nitrogens with zero attached hydrogens (tertiary/aromatic N) is 2. The van der Waals surface area contributed by atoms with Crippen molar-refractivity contribution in [3.8, 4) is 5.75 Å². The molecule has 1 aromatic heterocycles. The van der Waals surface area contributed by atoms with E-state index in [1.54, 1.807) is 7.11 Å². The molecule has 0 unspecified atom stereocenters. The maximum absolute atomic E-state index is 5.91. The van der Waals surface area contributed by atoms with Crippen molar-refractivity contribution in [2.75, 3.05) is 13.0 Å². The van der Waals surface area contributed by atoms with E-state index in [9.17, 15) is 0 Å². The van der Waals surface area contributed by atoms with Gasteiger partial charge in [0.2, 0.25) is 0 Å². The lowest BCUT2D eigenvalue weighted by atomic mass is 10.2. The molecule has 0 aliphatic carbocycles. The van der Waals surface area contributed by atoms with Gasteiger partial charge in [-0.3, -0.25) is 0 Å². The lowest BCUT2D eigenvalue weighted by molar-refractivity contribution is 0.414. The number of fused-ring (bicyclic) bond motifs is 1. The first-order valence-corrected chi connectivity index (χ1v) is 7.48. The lowest BCUT2D eigenvalue weighted by Gasteiger charge is -2.10. The largest absolute Gasteiger partial charge is 0.497 e. The van der Waals surface area contributed by atoms with E-state index in [4.69, 9.17) is 16.3 Å². The number of halogens is 1. The maximum Gasteiger partial charge on any atom is 0.119 e. The van der Waals surface area contributed by atoms with E-state index >= 15 is 0 Å². The van der Waals surface area contributed by atoms with Crippen LogP contribution >= 0.6 is 11.6 Å². The number of alkyl halides is 1. The van der Waals surface area contributed by atoms with Gasteiger partial charge in [-0.25, -0.2) is 4.98 Å². The van der Waals surface area contributed by atoms with Crippen LogP contribution < -0.4 is 4.74 Å². The topological polar surface area (TPSA) is 27.1 Å². The third-order valence-electron chi connectivity index (χ3n) is 3.53. The maximum atomic E-state index is 5.91. The number of benzene rings is 2. The van der Waals surface area contributed by atoms with Crippen molar-refractivity contribution in [1.82, 2.24) is 9.55 Å². The number of hydrogen-bond donors (Lipinski definition) is 0. The summed E-state index contributed by atoms with van der Waals surface area (Å²) in [4.78, 5) is 4.69. The lowest BCUT2D eigenvalue weighted by Crippen LogP contribution is -2.06. The molecular weight excluding hydrogens is 284 g/mol. The monoisotopic (exact) mass is 300 g/mol. The molecule has 0 amide bonds. The van der Waals surface area contributed by atoms with E-state index in [1.807, 2.05) is 30.3 Å². The van der Waals surface area contributed by atoms with Crippen LogP contribution in [0.25, 0.3) is 11.0 Å². The molecule has 0 saturated carbocycles. The van der Waals surface area contributed by atoms with Gasteiger partial charge in [-0.1, -0.05) is 24.3 Å². The average Bonchev–Trinajstić information content (AvgIpc) is 2.86. The Morgan fingerprint density at radius 2 is 2.00 bits per heavy atom. The second kappa shape index (κ2) is 6.19. The molecule has 0 aliphatic rings. The van der Waals surface area contributed by atoms with Gasteiger partial charge >= 0.3 is 0 Å². The van der Waals surface area contributed by atoms with Gasteiger partial charge in [0.25, 0.3) is 0 Å². The van der Waals surface area contributed by atoms with Crippen LogP contribution in [0, 0.1) is 0 Å². The number of aromatic nitrogens is 2. The number of ether oxygens (including phenoxy) is 1. The van der Waals surface area contributed by atoms with E-state index in [1.165, 1.54) is 5.56 Å². The molecule has 0 aliphatic heterocycles. The summed E-state index contributed by atoms with van der Waals surface area (Å²) in [5.41, 5.74) is 3.34. The molecule has 0 fully saturated rings. The SMILES string of the molecule is COc1cccc(Cn2c(CCCl)nc3ccccc32)c1. The van der Waals surface area contributed by atoms with Crippen molar-refractivity contribution in [2.45, 2.75) is 13.0 Å². The van der Waals surface area contributed by atoms with Crippen LogP contribution in [-0.2, 0) is 13.0 Å². The third kappa shape index (κ3) is 2.88. The van der Waals surface area contributed by atoms with Gasteiger partial charge in [-0.2, -0.15) is 0 Å². The second-order valence-corrected chi connectivity index (χ2v) is 5.27. The summed E-state index contributed by atoms with van der Waals surface area (Å²) in [6.07, 6.45) is 0.764.